The maximum Gasteiger partial charge on any atom is 0.404 e. The van der Waals surface area contributed by atoms with Gasteiger partial charge in [-0.05, 0) is 0 Å². The standard InChI is InChI=1S/C15H16N4O6/c1-24-15-6(4-25-14(17)23)8-10(19(15)2-7-13(15)18-7)11(21)5(3-20)9(16)12(8)22/h3,6-7,13,16,18,20H,2,4H2,1H3,(H2,17,23)/b5-3-,16-9?/t6-,7+,13+,15-/m1/s1. The molecule has 0 saturated carbocycles. The van der Waals surface area contributed by atoms with Gasteiger partial charge in [0, 0.05) is 25.3 Å². The van der Waals surface area contributed by atoms with Crippen molar-refractivity contribution in [2.75, 3.05) is 20.3 Å². The highest BCUT2D eigenvalue weighted by Crippen LogP contribution is 2.55. The van der Waals surface area contributed by atoms with Crippen LogP contribution in [0, 0.1) is 11.3 Å². The lowest BCUT2D eigenvalue weighted by molar-refractivity contribution is -0.136. The minimum atomic E-state index is -1.08. The summed E-state index contributed by atoms with van der Waals surface area (Å²) < 4.78 is 10.7. The molecule has 132 valence electrons. The SMILES string of the molecule is CO[C@@]12[C@H](COC(N)=O)C3=C(C(=O)/C(=C\O)C(=N)C3=O)N1C[C@@H]1N[C@@H]12. The number of methoxy groups -OCH3 is 1. The molecule has 1 amide bonds. The molecule has 10 heteroatoms. The number of Topliss-reactive ketones (excluding diaryl/α,β-unsaturated/α-hetero) is 2. The van der Waals surface area contributed by atoms with E-state index in [1.165, 1.54) is 7.11 Å². The maximum absolute atomic E-state index is 12.8. The van der Waals surface area contributed by atoms with Gasteiger partial charge in [0.1, 0.15) is 12.3 Å². The summed E-state index contributed by atoms with van der Waals surface area (Å²) in [6.45, 7) is 0.170. The summed E-state index contributed by atoms with van der Waals surface area (Å²) in [6.07, 6.45) is -0.533. The summed E-state index contributed by atoms with van der Waals surface area (Å²) in [5.74, 6) is -2.09. The summed E-state index contributed by atoms with van der Waals surface area (Å²) in [6, 6.07) is -0.0724. The third-order valence-electron chi connectivity index (χ3n) is 5.36. The van der Waals surface area contributed by atoms with Crippen molar-refractivity contribution < 1.29 is 29.0 Å². The first-order chi connectivity index (χ1) is 11.9. The molecule has 0 aromatic carbocycles. The lowest BCUT2D eigenvalue weighted by atomic mass is 9.81. The molecular formula is C15H16N4O6. The fraction of sp³-hybridized carbons (Fsp3) is 0.467. The summed E-state index contributed by atoms with van der Waals surface area (Å²) in [5.41, 5.74) is 3.17. The fourth-order valence-corrected chi connectivity index (χ4v) is 4.32. The molecule has 2 fully saturated rings. The second-order valence-corrected chi connectivity index (χ2v) is 6.34. The Labute approximate surface area is 141 Å². The van der Waals surface area contributed by atoms with E-state index in [0.29, 0.717) is 12.8 Å². The molecule has 0 aromatic rings. The monoisotopic (exact) mass is 348 g/mol. The quantitative estimate of drug-likeness (QED) is 0.274. The van der Waals surface area contributed by atoms with Crippen molar-refractivity contribution in [2.45, 2.75) is 17.8 Å². The molecule has 25 heavy (non-hydrogen) atoms. The van der Waals surface area contributed by atoms with Crippen LogP contribution in [0.25, 0.3) is 0 Å². The minimum absolute atomic E-state index is 0.0656. The summed E-state index contributed by atoms with van der Waals surface area (Å²) in [7, 11) is 1.45. The fourth-order valence-electron chi connectivity index (χ4n) is 4.32. The first-order valence-electron chi connectivity index (χ1n) is 7.66. The van der Waals surface area contributed by atoms with Crippen molar-refractivity contribution in [1.29, 1.82) is 5.41 Å². The van der Waals surface area contributed by atoms with Gasteiger partial charge in [0.05, 0.1) is 29.5 Å². The van der Waals surface area contributed by atoms with Gasteiger partial charge in [0.25, 0.3) is 0 Å². The second-order valence-electron chi connectivity index (χ2n) is 6.34. The third-order valence-corrected chi connectivity index (χ3v) is 5.36. The van der Waals surface area contributed by atoms with Crippen LogP contribution in [0.3, 0.4) is 0 Å². The highest BCUT2D eigenvalue weighted by molar-refractivity contribution is 6.59. The van der Waals surface area contributed by atoms with Crippen molar-refractivity contribution in [3.8, 4) is 0 Å². The highest BCUT2D eigenvalue weighted by atomic mass is 16.6. The number of carbonyl (C=O) groups is 3. The van der Waals surface area contributed by atoms with Crippen molar-refractivity contribution in [1.82, 2.24) is 10.2 Å². The van der Waals surface area contributed by atoms with Gasteiger partial charge in [-0.1, -0.05) is 0 Å². The summed E-state index contributed by atoms with van der Waals surface area (Å²) in [4.78, 5) is 38.3. The van der Waals surface area contributed by atoms with E-state index in [0.717, 1.165) is 0 Å². The number of nitrogens with one attached hydrogen (secondary N) is 2. The number of rotatable bonds is 3. The Kier molecular flexibility index (Phi) is 3.09. The van der Waals surface area contributed by atoms with E-state index in [-0.39, 0.29) is 35.5 Å². The van der Waals surface area contributed by atoms with Crippen LogP contribution in [0.1, 0.15) is 0 Å². The van der Waals surface area contributed by atoms with Crippen LogP contribution in [0.15, 0.2) is 23.1 Å². The van der Waals surface area contributed by atoms with Crippen molar-refractivity contribution >= 4 is 23.4 Å². The average Bonchev–Trinajstić information content (AvgIpc) is 3.18. The van der Waals surface area contributed by atoms with Crippen LogP contribution in [0.5, 0.6) is 0 Å². The number of nitrogens with zero attached hydrogens (tertiary/aromatic N) is 1. The molecule has 5 N–H and O–H groups in total. The van der Waals surface area contributed by atoms with E-state index in [1.54, 1.807) is 4.90 Å². The van der Waals surface area contributed by atoms with Crippen LogP contribution in [-0.4, -0.2) is 71.4 Å². The van der Waals surface area contributed by atoms with Gasteiger partial charge in [-0.3, -0.25) is 15.0 Å². The normalized spacial score (nSPS) is 37.3. The van der Waals surface area contributed by atoms with E-state index in [2.05, 4.69) is 5.32 Å². The highest BCUT2D eigenvalue weighted by Gasteiger charge is 2.73. The molecule has 4 atom stereocenters. The number of ether oxygens (including phenoxy) is 2. The zero-order valence-electron chi connectivity index (χ0n) is 13.2. The summed E-state index contributed by atoms with van der Waals surface area (Å²) in [5, 5.41) is 20.4. The van der Waals surface area contributed by atoms with Crippen molar-refractivity contribution in [3.63, 3.8) is 0 Å². The first-order valence-corrected chi connectivity index (χ1v) is 7.66. The van der Waals surface area contributed by atoms with Gasteiger partial charge >= 0.3 is 6.09 Å². The van der Waals surface area contributed by atoms with Crippen LogP contribution in [-0.2, 0) is 19.1 Å². The number of primary amides is 1. The van der Waals surface area contributed by atoms with Gasteiger partial charge in [-0.2, -0.15) is 0 Å². The molecule has 3 aliphatic heterocycles. The molecule has 0 unspecified atom stereocenters. The Morgan fingerprint density at radius 2 is 2.24 bits per heavy atom. The van der Waals surface area contributed by atoms with Crippen molar-refractivity contribution in [2.24, 2.45) is 11.7 Å². The molecule has 0 aromatic heterocycles. The van der Waals surface area contributed by atoms with Gasteiger partial charge in [-0.15, -0.1) is 0 Å². The number of aliphatic hydroxyl groups excluding tert-OH is 1. The Morgan fingerprint density at radius 1 is 1.52 bits per heavy atom. The number of piperazine rings is 1. The van der Waals surface area contributed by atoms with Crippen LogP contribution >= 0.6 is 0 Å². The van der Waals surface area contributed by atoms with Crippen LogP contribution in [0.4, 0.5) is 4.79 Å². The van der Waals surface area contributed by atoms with Crippen molar-refractivity contribution in [3.05, 3.63) is 23.1 Å². The molecule has 1 aliphatic carbocycles. The van der Waals surface area contributed by atoms with Crippen LogP contribution in [0.2, 0.25) is 0 Å². The maximum atomic E-state index is 12.8. The molecule has 10 nitrogen and oxygen atoms in total. The topological polar surface area (TPSA) is 165 Å². The second kappa shape index (κ2) is 4.90. The predicted octanol–water partition coefficient (Wildman–Crippen LogP) is -1.42. The first kappa shape index (κ1) is 15.8. The third kappa shape index (κ3) is 1.75. The smallest absolute Gasteiger partial charge is 0.404 e. The average molecular weight is 348 g/mol. The Bertz CT molecular complexity index is 802. The lowest BCUT2D eigenvalue weighted by Gasteiger charge is -2.39. The Balaban J connectivity index is 1.88. The molecule has 2 saturated heterocycles. The summed E-state index contributed by atoms with van der Waals surface area (Å²) >= 11 is 0. The number of fused-ring (bicyclic) bond motifs is 4. The largest absolute Gasteiger partial charge is 0.515 e. The Hall–Kier alpha value is -2.72. The molecule has 4 rings (SSSR count). The number of carbonyl (C=O) groups excluding carboxylic acids is 3. The lowest BCUT2D eigenvalue weighted by Crippen LogP contribution is -2.55. The number of hydrogen-bond acceptors (Lipinski definition) is 9. The Morgan fingerprint density at radius 3 is 2.84 bits per heavy atom. The number of aliphatic hydroxyl groups is 1. The molecule has 0 radical (unpaired) electrons. The van der Waals surface area contributed by atoms with E-state index >= 15 is 0 Å². The number of allylic oxidation sites excluding steroid dienone is 1. The van der Waals surface area contributed by atoms with E-state index in [4.69, 9.17) is 20.6 Å². The van der Waals surface area contributed by atoms with E-state index < -0.39 is 35.0 Å². The van der Waals surface area contributed by atoms with Crippen LogP contribution < -0.4 is 11.1 Å². The van der Waals surface area contributed by atoms with E-state index in [1.807, 2.05) is 0 Å². The molecule has 3 heterocycles. The predicted molar refractivity (Wildman–Crippen MR) is 81.7 cm³/mol. The van der Waals surface area contributed by atoms with E-state index in [9.17, 15) is 19.5 Å². The van der Waals surface area contributed by atoms with Gasteiger partial charge in [0.2, 0.25) is 11.6 Å². The van der Waals surface area contributed by atoms with Gasteiger partial charge in [0.15, 0.2) is 5.72 Å². The molecule has 4 aliphatic rings. The van der Waals surface area contributed by atoms with Gasteiger partial charge < -0.3 is 30.5 Å². The number of nitrogens with two attached hydrogens (primary N) is 1. The number of hydrogen-bond donors (Lipinski definition) is 4. The molecular weight excluding hydrogens is 332 g/mol. The molecule has 0 spiro atoms. The number of amides is 1. The number of ketones is 2. The molecule has 0 bridgehead atoms. The van der Waals surface area contributed by atoms with Gasteiger partial charge in [-0.25, -0.2) is 4.79 Å². The zero-order valence-corrected chi connectivity index (χ0v) is 13.2. The minimum Gasteiger partial charge on any atom is -0.515 e. The zero-order chi connectivity index (χ0) is 18.1.